The summed E-state index contributed by atoms with van der Waals surface area (Å²) >= 11 is 0.894. The van der Waals surface area contributed by atoms with Crippen LogP contribution >= 0.6 is 0 Å². The minimum atomic E-state index is 0.775. The van der Waals surface area contributed by atoms with E-state index in [1.165, 1.54) is 12.8 Å². The summed E-state index contributed by atoms with van der Waals surface area (Å²) in [5.41, 5.74) is 0. The molecule has 0 saturated heterocycles. The molecule has 0 aromatic rings. The van der Waals surface area contributed by atoms with Crippen LogP contribution in [0.2, 0.25) is 0 Å². The van der Waals surface area contributed by atoms with E-state index >= 15 is 0 Å². The summed E-state index contributed by atoms with van der Waals surface area (Å²) in [6, 6.07) is 0. The predicted octanol–water partition coefficient (Wildman–Crippen LogP) is 0.987. The number of hydrogen-bond donors (Lipinski definition) is 0. The highest BCUT2D eigenvalue weighted by molar-refractivity contribution is 5.97. The lowest BCUT2D eigenvalue weighted by Gasteiger charge is -2.07. The fraction of sp³-hybridized carbons (Fsp3) is 1.00. The molecular weight excluding hydrogens is 115 g/mol. The van der Waals surface area contributed by atoms with Crippen LogP contribution in [0, 0.1) is 5.92 Å². The van der Waals surface area contributed by atoms with Gasteiger partial charge in [-0.2, -0.15) is 0 Å². The van der Waals surface area contributed by atoms with E-state index in [0.29, 0.717) is 0 Å². The van der Waals surface area contributed by atoms with Crippen LogP contribution < -0.4 is 0 Å². The Bertz CT molecular complexity index is 41.8. The van der Waals surface area contributed by atoms with Gasteiger partial charge in [0.25, 0.3) is 0 Å². The van der Waals surface area contributed by atoms with Crippen molar-refractivity contribution in [2.24, 2.45) is 5.92 Å². The van der Waals surface area contributed by atoms with Crippen molar-refractivity contribution in [3.05, 3.63) is 0 Å². The van der Waals surface area contributed by atoms with Crippen molar-refractivity contribution >= 4 is 16.6 Å². The third kappa shape index (κ3) is 4.65. The molecule has 1 nitrogen and oxygen atoms in total. The second-order valence-electron chi connectivity index (χ2n) is 2.35. The van der Waals surface area contributed by atoms with Crippen molar-refractivity contribution in [2.45, 2.75) is 26.7 Å². The molecule has 0 saturated carbocycles. The Labute approximate surface area is 60.2 Å². The van der Waals surface area contributed by atoms with Gasteiger partial charge in [0.1, 0.15) is 0 Å². The van der Waals surface area contributed by atoms with Crippen LogP contribution in [0.3, 0.4) is 0 Å². The molecule has 0 aromatic carbocycles. The summed E-state index contributed by atoms with van der Waals surface area (Å²) in [6.07, 6.45) is 2.59. The molecule has 0 aliphatic heterocycles. The minimum Gasteiger partial charge on any atom is -0.506 e. The van der Waals surface area contributed by atoms with Crippen LogP contribution in [-0.4, -0.2) is 23.2 Å². The average Bonchev–Trinajstić information content (AvgIpc) is 1.68. The highest BCUT2D eigenvalue weighted by Crippen LogP contribution is 2.03. The molecule has 0 amide bonds. The zero-order valence-corrected chi connectivity index (χ0v) is 8.11. The first-order valence-electron chi connectivity index (χ1n) is 3.30. The van der Waals surface area contributed by atoms with Crippen LogP contribution in [-0.2, 0) is 3.79 Å². The smallest absolute Gasteiger partial charge is 0.410 e. The van der Waals surface area contributed by atoms with E-state index in [1.54, 1.807) is 0 Å². The molecule has 0 spiro atoms. The fourth-order valence-electron chi connectivity index (χ4n) is 0.861. The zero-order valence-electron chi connectivity index (χ0n) is 6.11. The van der Waals surface area contributed by atoms with E-state index in [4.69, 9.17) is 3.79 Å². The van der Waals surface area contributed by atoms with E-state index in [9.17, 15) is 0 Å². The van der Waals surface area contributed by atoms with Gasteiger partial charge in [0.05, 0.1) is 0 Å². The second-order valence-corrected chi connectivity index (χ2v) is 2.93. The molecule has 1 atom stereocenters. The number of hydrogen-bond acceptors (Lipinski definition) is 1. The molecule has 0 rings (SSSR count). The summed E-state index contributed by atoms with van der Waals surface area (Å²) in [4.78, 5) is 0. The Hall–Kier alpha value is 0.492. The predicted molar refractivity (Wildman–Crippen MR) is 38.6 cm³/mol. The topological polar surface area (TPSA) is 9.23 Å². The van der Waals surface area contributed by atoms with Crippen molar-refractivity contribution in [1.82, 2.24) is 0 Å². The van der Waals surface area contributed by atoms with Crippen molar-refractivity contribution in [3.8, 4) is 0 Å². The fourth-order valence-corrected chi connectivity index (χ4v) is 1.43. The maximum absolute atomic E-state index is 5.10. The van der Waals surface area contributed by atoms with Gasteiger partial charge >= 0.3 is 16.6 Å². The second kappa shape index (κ2) is 5.63. The van der Waals surface area contributed by atoms with Crippen LogP contribution in [0.5, 0.6) is 0 Å². The molecule has 48 valence electrons. The summed E-state index contributed by atoms with van der Waals surface area (Å²) < 4.78 is 5.10. The molecule has 0 radical (unpaired) electrons. The third-order valence-corrected chi connectivity index (χ3v) is 1.57. The lowest BCUT2D eigenvalue weighted by Crippen LogP contribution is -2.02. The van der Waals surface area contributed by atoms with Gasteiger partial charge in [-0.15, -0.1) is 0 Å². The molecule has 0 aliphatic rings. The van der Waals surface area contributed by atoms with Crippen molar-refractivity contribution in [2.75, 3.05) is 6.61 Å². The van der Waals surface area contributed by atoms with Crippen molar-refractivity contribution in [1.29, 1.82) is 0 Å². The van der Waals surface area contributed by atoms with Gasteiger partial charge in [0, 0.05) is 6.61 Å². The Kier molecular flexibility index (Phi) is 5.97. The maximum Gasteiger partial charge on any atom is 0.410 e. The van der Waals surface area contributed by atoms with E-state index in [-0.39, 0.29) is 0 Å². The molecule has 0 aromatic heterocycles. The van der Waals surface area contributed by atoms with Crippen LogP contribution in [0.1, 0.15) is 26.7 Å². The first-order chi connectivity index (χ1) is 3.81. The Morgan fingerprint density at radius 2 is 2.25 bits per heavy atom. The van der Waals surface area contributed by atoms with E-state index in [0.717, 1.165) is 29.1 Å². The van der Waals surface area contributed by atoms with Crippen LogP contribution in [0.15, 0.2) is 0 Å². The molecule has 1 unspecified atom stereocenters. The minimum absolute atomic E-state index is 0.775. The molecule has 2 heteroatoms. The normalized spacial score (nSPS) is 13.8. The van der Waals surface area contributed by atoms with E-state index in [2.05, 4.69) is 13.8 Å². The Morgan fingerprint density at radius 1 is 1.62 bits per heavy atom. The Morgan fingerprint density at radius 3 is 2.62 bits per heavy atom. The van der Waals surface area contributed by atoms with Gasteiger partial charge in [0.2, 0.25) is 0 Å². The lowest BCUT2D eigenvalue weighted by atomic mass is 10.1. The number of rotatable bonds is 4. The van der Waals surface area contributed by atoms with E-state index in [1.807, 2.05) is 0 Å². The van der Waals surface area contributed by atoms with Gasteiger partial charge in [-0.25, -0.2) is 0 Å². The summed E-state index contributed by atoms with van der Waals surface area (Å²) in [5.74, 6) is 0.775. The van der Waals surface area contributed by atoms with Gasteiger partial charge < -0.3 is 3.79 Å². The lowest BCUT2D eigenvalue weighted by molar-refractivity contribution is 0.272. The standard InChI is InChI=1S/C6H13O.Al.2H/c1-3-4-6(2)5-7;;;/h6H,3-5H2,1-2H3;;;/q-1;+1;;. The van der Waals surface area contributed by atoms with Crippen LogP contribution in [0.4, 0.5) is 0 Å². The van der Waals surface area contributed by atoms with Gasteiger partial charge in [-0.3, -0.25) is 0 Å². The van der Waals surface area contributed by atoms with Crippen molar-refractivity contribution in [3.63, 3.8) is 0 Å². The molecule has 0 bridgehead atoms. The van der Waals surface area contributed by atoms with Crippen molar-refractivity contribution < 1.29 is 3.79 Å². The molecular formula is C6H15AlO. The third-order valence-electron chi connectivity index (χ3n) is 1.23. The molecule has 8 heavy (non-hydrogen) atoms. The van der Waals surface area contributed by atoms with E-state index < -0.39 is 0 Å². The largest absolute Gasteiger partial charge is 0.506 e. The SMILES string of the molecule is CCCC(C)C[O][AlH2]. The van der Waals surface area contributed by atoms with Gasteiger partial charge in [-0.1, -0.05) is 20.3 Å². The summed E-state index contributed by atoms with van der Waals surface area (Å²) in [5, 5.41) is 0. The Balaban J connectivity index is 2.92. The quantitative estimate of drug-likeness (QED) is 0.515. The van der Waals surface area contributed by atoms with Crippen LogP contribution in [0.25, 0.3) is 0 Å². The van der Waals surface area contributed by atoms with Gasteiger partial charge in [-0.05, 0) is 12.3 Å². The summed E-state index contributed by atoms with van der Waals surface area (Å²) in [7, 11) is 0. The molecule has 0 fully saturated rings. The average molecular weight is 130 g/mol. The molecule has 0 heterocycles. The maximum atomic E-state index is 5.10. The zero-order chi connectivity index (χ0) is 6.41. The highest BCUT2D eigenvalue weighted by Gasteiger charge is 1.95. The first kappa shape index (κ1) is 8.49. The summed E-state index contributed by atoms with van der Waals surface area (Å²) in [6.45, 7) is 5.42. The molecule has 0 N–H and O–H groups in total. The molecule has 0 aliphatic carbocycles. The van der Waals surface area contributed by atoms with Gasteiger partial charge in [0.15, 0.2) is 0 Å². The first-order valence-corrected chi connectivity index (χ1v) is 4.11. The monoisotopic (exact) mass is 130 g/mol. The highest BCUT2D eigenvalue weighted by atomic mass is 27.1.